The molecule has 15 heavy (non-hydrogen) atoms. The first kappa shape index (κ1) is 9.65. The van der Waals surface area contributed by atoms with Gasteiger partial charge in [0.1, 0.15) is 0 Å². The lowest BCUT2D eigenvalue weighted by Gasteiger charge is -2.10. The zero-order chi connectivity index (χ0) is 10.8. The third-order valence-corrected chi connectivity index (χ3v) is 2.38. The highest BCUT2D eigenvalue weighted by atomic mass is 16.5. The summed E-state index contributed by atoms with van der Waals surface area (Å²) in [4.78, 5) is 0. The van der Waals surface area contributed by atoms with Gasteiger partial charge in [-0.2, -0.15) is 0 Å². The van der Waals surface area contributed by atoms with E-state index in [0.717, 1.165) is 22.3 Å². The van der Waals surface area contributed by atoms with Gasteiger partial charge in [-0.05, 0) is 23.6 Å². The standard InChI is InChI=1S/C12H13NO2/c1-14-11-6-4-8-3-5-9(13)7-10(8)12(11)15-2/h3-7H,13H2,1-2H3. The van der Waals surface area contributed by atoms with Crippen LogP contribution < -0.4 is 15.2 Å². The molecule has 0 aliphatic rings. The Balaban J connectivity index is 2.79. The van der Waals surface area contributed by atoms with Crippen LogP contribution >= 0.6 is 0 Å². The van der Waals surface area contributed by atoms with Gasteiger partial charge in [-0.3, -0.25) is 0 Å². The van der Waals surface area contributed by atoms with Gasteiger partial charge in [0.15, 0.2) is 11.5 Å². The average Bonchev–Trinajstić information content (AvgIpc) is 2.27. The second-order valence-corrected chi connectivity index (χ2v) is 3.28. The summed E-state index contributed by atoms with van der Waals surface area (Å²) in [7, 11) is 3.25. The van der Waals surface area contributed by atoms with E-state index in [0.29, 0.717) is 5.69 Å². The van der Waals surface area contributed by atoms with Gasteiger partial charge >= 0.3 is 0 Å². The second kappa shape index (κ2) is 3.69. The van der Waals surface area contributed by atoms with Gasteiger partial charge in [-0.1, -0.05) is 12.1 Å². The minimum Gasteiger partial charge on any atom is -0.493 e. The molecule has 2 N–H and O–H groups in total. The van der Waals surface area contributed by atoms with E-state index >= 15 is 0 Å². The molecule has 0 unspecified atom stereocenters. The van der Waals surface area contributed by atoms with E-state index in [4.69, 9.17) is 15.2 Å². The Morgan fingerprint density at radius 1 is 1.00 bits per heavy atom. The Labute approximate surface area is 88.4 Å². The molecular weight excluding hydrogens is 190 g/mol. The van der Waals surface area contributed by atoms with E-state index in [2.05, 4.69) is 0 Å². The molecule has 0 saturated carbocycles. The summed E-state index contributed by atoms with van der Waals surface area (Å²) < 4.78 is 10.5. The Bertz CT molecular complexity index is 494. The highest BCUT2D eigenvalue weighted by Gasteiger charge is 2.08. The number of nitrogen functional groups attached to an aromatic ring is 1. The van der Waals surface area contributed by atoms with Crippen molar-refractivity contribution in [3.8, 4) is 11.5 Å². The first-order valence-corrected chi connectivity index (χ1v) is 4.66. The molecule has 3 heteroatoms. The molecule has 0 radical (unpaired) electrons. The number of hydrogen-bond acceptors (Lipinski definition) is 3. The Hall–Kier alpha value is -1.90. The van der Waals surface area contributed by atoms with Crippen LogP contribution in [0.3, 0.4) is 0 Å². The maximum atomic E-state index is 5.74. The van der Waals surface area contributed by atoms with Crippen LogP contribution in [0.5, 0.6) is 11.5 Å². The molecular formula is C12H13NO2. The largest absolute Gasteiger partial charge is 0.493 e. The van der Waals surface area contributed by atoms with Gasteiger partial charge in [0, 0.05) is 11.1 Å². The third-order valence-electron chi connectivity index (χ3n) is 2.38. The predicted molar refractivity (Wildman–Crippen MR) is 61.5 cm³/mol. The number of rotatable bonds is 2. The topological polar surface area (TPSA) is 44.5 Å². The molecule has 3 nitrogen and oxygen atoms in total. The van der Waals surface area contributed by atoms with Gasteiger partial charge in [-0.25, -0.2) is 0 Å². The number of ether oxygens (including phenoxy) is 2. The number of nitrogens with two attached hydrogens (primary N) is 1. The minimum atomic E-state index is 0.717. The molecule has 0 aromatic heterocycles. The zero-order valence-electron chi connectivity index (χ0n) is 8.78. The summed E-state index contributed by atoms with van der Waals surface area (Å²) in [5.41, 5.74) is 6.46. The maximum absolute atomic E-state index is 5.74. The van der Waals surface area contributed by atoms with Crippen molar-refractivity contribution in [2.75, 3.05) is 20.0 Å². The molecule has 0 saturated heterocycles. The molecule has 0 bridgehead atoms. The molecule has 0 aliphatic carbocycles. The summed E-state index contributed by atoms with van der Waals surface area (Å²) in [6, 6.07) is 9.59. The quantitative estimate of drug-likeness (QED) is 0.762. The van der Waals surface area contributed by atoms with Crippen molar-refractivity contribution < 1.29 is 9.47 Å². The molecule has 0 spiro atoms. The smallest absolute Gasteiger partial charge is 0.168 e. The zero-order valence-corrected chi connectivity index (χ0v) is 8.78. The van der Waals surface area contributed by atoms with Crippen molar-refractivity contribution in [1.82, 2.24) is 0 Å². The Kier molecular flexibility index (Phi) is 2.37. The first-order valence-electron chi connectivity index (χ1n) is 4.66. The van der Waals surface area contributed by atoms with Gasteiger partial charge in [-0.15, -0.1) is 0 Å². The lowest BCUT2D eigenvalue weighted by molar-refractivity contribution is 0.358. The molecule has 0 fully saturated rings. The maximum Gasteiger partial charge on any atom is 0.168 e. The molecule has 2 aromatic rings. The molecule has 0 heterocycles. The second-order valence-electron chi connectivity index (χ2n) is 3.28. The lowest BCUT2D eigenvalue weighted by Crippen LogP contribution is -1.92. The summed E-state index contributed by atoms with van der Waals surface area (Å²) in [6.45, 7) is 0. The van der Waals surface area contributed by atoms with E-state index in [1.54, 1.807) is 14.2 Å². The summed E-state index contributed by atoms with van der Waals surface area (Å²) in [6.07, 6.45) is 0. The number of benzene rings is 2. The summed E-state index contributed by atoms with van der Waals surface area (Å²) in [5, 5.41) is 2.05. The van der Waals surface area contributed by atoms with Gasteiger partial charge < -0.3 is 15.2 Å². The summed E-state index contributed by atoms with van der Waals surface area (Å²) >= 11 is 0. The molecule has 2 rings (SSSR count). The predicted octanol–water partition coefficient (Wildman–Crippen LogP) is 2.44. The van der Waals surface area contributed by atoms with E-state index in [1.165, 1.54) is 0 Å². The highest BCUT2D eigenvalue weighted by molar-refractivity contribution is 5.92. The van der Waals surface area contributed by atoms with Crippen molar-refractivity contribution >= 4 is 16.5 Å². The average molecular weight is 203 g/mol. The minimum absolute atomic E-state index is 0.717. The van der Waals surface area contributed by atoms with Crippen LogP contribution in [0.25, 0.3) is 10.8 Å². The molecule has 78 valence electrons. The normalized spacial score (nSPS) is 10.3. The highest BCUT2D eigenvalue weighted by Crippen LogP contribution is 2.35. The molecule has 0 aliphatic heterocycles. The number of methoxy groups -OCH3 is 2. The molecule has 2 aromatic carbocycles. The van der Waals surface area contributed by atoms with E-state index in [-0.39, 0.29) is 0 Å². The Morgan fingerprint density at radius 2 is 1.73 bits per heavy atom. The van der Waals surface area contributed by atoms with Gasteiger partial charge in [0.05, 0.1) is 14.2 Å². The van der Waals surface area contributed by atoms with Crippen LogP contribution in [0.15, 0.2) is 30.3 Å². The SMILES string of the molecule is COc1ccc2ccc(N)cc2c1OC. The van der Waals surface area contributed by atoms with Crippen LogP contribution in [0.1, 0.15) is 0 Å². The van der Waals surface area contributed by atoms with Crippen molar-refractivity contribution in [2.24, 2.45) is 0 Å². The van der Waals surface area contributed by atoms with E-state index < -0.39 is 0 Å². The summed E-state index contributed by atoms with van der Waals surface area (Å²) in [5.74, 6) is 1.44. The van der Waals surface area contributed by atoms with Crippen LogP contribution in [-0.2, 0) is 0 Å². The van der Waals surface area contributed by atoms with Crippen molar-refractivity contribution in [2.45, 2.75) is 0 Å². The van der Waals surface area contributed by atoms with Crippen LogP contribution in [-0.4, -0.2) is 14.2 Å². The van der Waals surface area contributed by atoms with Crippen LogP contribution in [0.2, 0.25) is 0 Å². The van der Waals surface area contributed by atoms with Crippen molar-refractivity contribution in [1.29, 1.82) is 0 Å². The van der Waals surface area contributed by atoms with E-state index in [1.807, 2.05) is 30.3 Å². The fourth-order valence-corrected chi connectivity index (χ4v) is 1.66. The third kappa shape index (κ3) is 1.56. The lowest BCUT2D eigenvalue weighted by atomic mass is 10.1. The number of anilines is 1. The van der Waals surface area contributed by atoms with Gasteiger partial charge in [0.25, 0.3) is 0 Å². The van der Waals surface area contributed by atoms with Crippen molar-refractivity contribution in [3.05, 3.63) is 30.3 Å². The van der Waals surface area contributed by atoms with Crippen LogP contribution in [0, 0.1) is 0 Å². The molecule has 0 amide bonds. The molecule has 0 atom stereocenters. The fourth-order valence-electron chi connectivity index (χ4n) is 1.66. The van der Waals surface area contributed by atoms with Gasteiger partial charge in [0.2, 0.25) is 0 Å². The number of fused-ring (bicyclic) bond motifs is 1. The number of hydrogen-bond donors (Lipinski definition) is 1. The fraction of sp³-hybridized carbons (Fsp3) is 0.167. The van der Waals surface area contributed by atoms with E-state index in [9.17, 15) is 0 Å². The monoisotopic (exact) mass is 203 g/mol. The Morgan fingerprint density at radius 3 is 2.40 bits per heavy atom. The first-order chi connectivity index (χ1) is 7.26. The van der Waals surface area contributed by atoms with Crippen LogP contribution in [0.4, 0.5) is 5.69 Å². The van der Waals surface area contributed by atoms with Crippen molar-refractivity contribution in [3.63, 3.8) is 0 Å².